The van der Waals surface area contributed by atoms with Crippen LogP contribution in [0.3, 0.4) is 0 Å². The van der Waals surface area contributed by atoms with Gasteiger partial charge in [-0.1, -0.05) is 289 Å². The van der Waals surface area contributed by atoms with E-state index in [0.717, 1.165) is 122 Å². The van der Waals surface area contributed by atoms with Crippen molar-refractivity contribution in [3.8, 4) is 0 Å². The molecular weight excluding hydrogens is 1020 g/mol. The third-order valence-electron chi connectivity index (χ3n) is 14.6. The Kier molecular flexibility index (Phi) is 66.3. The lowest BCUT2D eigenvalue weighted by atomic mass is 10.1. The van der Waals surface area contributed by atoms with Gasteiger partial charge in [0.05, 0.1) is 0 Å². The predicted molar refractivity (Wildman–Crippen MR) is 362 cm³/mol. The molecule has 6 heteroatoms. The van der Waals surface area contributed by atoms with E-state index in [4.69, 9.17) is 14.2 Å². The SMILES string of the molecule is CC/C=C\C/C=C\C/C=C\C/C=C\C/C=C\C/C=C\C/C=C\CCCCCC(=O)OCC(COC(=O)CCCCCCCCCCC/C=C\C/C=C\CCCCC)OC(=O)CCCCCCCCCCC/C=C\C/C=C\CCCCCCC. The first-order chi connectivity index (χ1) is 41.0. The minimum Gasteiger partial charge on any atom is -0.462 e. The maximum Gasteiger partial charge on any atom is 0.306 e. The average Bonchev–Trinajstić information content (AvgIpc) is 3.50. The van der Waals surface area contributed by atoms with Gasteiger partial charge in [0.25, 0.3) is 0 Å². The molecule has 6 nitrogen and oxygen atoms in total. The number of carbonyl (C=O) groups is 3. The first-order valence-corrected chi connectivity index (χ1v) is 34.7. The van der Waals surface area contributed by atoms with Gasteiger partial charge in [-0.2, -0.15) is 0 Å². The van der Waals surface area contributed by atoms with Crippen molar-refractivity contribution in [1.82, 2.24) is 0 Å². The van der Waals surface area contributed by atoms with Crippen LogP contribution in [0.4, 0.5) is 0 Å². The van der Waals surface area contributed by atoms with Crippen LogP contribution in [-0.4, -0.2) is 37.2 Å². The van der Waals surface area contributed by atoms with Crippen molar-refractivity contribution in [3.05, 3.63) is 134 Å². The zero-order valence-electron chi connectivity index (χ0n) is 54.2. The van der Waals surface area contributed by atoms with Crippen molar-refractivity contribution >= 4 is 17.9 Å². The highest BCUT2D eigenvalue weighted by Gasteiger charge is 2.19. The lowest BCUT2D eigenvalue weighted by Gasteiger charge is -2.18. The van der Waals surface area contributed by atoms with E-state index in [1.54, 1.807) is 0 Å². The highest BCUT2D eigenvalue weighted by Crippen LogP contribution is 2.16. The molecule has 0 aromatic rings. The van der Waals surface area contributed by atoms with Crippen molar-refractivity contribution in [3.63, 3.8) is 0 Å². The molecule has 0 radical (unpaired) electrons. The molecule has 0 bridgehead atoms. The molecule has 0 aliphatic heterocycles. The number of esters is 3. The van der Waals surface area contributed by atoms with Gasteiger partial charge < -0.3 is 14.2 Å². The molecular formula is C77H128O6. The van der Waals surface area contributed by atoms with Gasteiger partial charge >= 0.3 is 17.9 Å². The third-order valence-corrected chi connectivity index (χ3v) is 14.6. The van der Waals surface area contributed by atoms with Gasteiger partial charge in [-0.25, -0.2) is 0 Å². The van der Waals surface area contributed by atoms with Crippen molar-refractivity contribution in [2.75, 3.05) is 13.2 Å². The molecule has 0 saturated carbocycles. The van der Waals surface area contributed by atoms with E-state index >= 15 is 0 Å². The summed E-state index contributed by atoms with van der Waals surface area (Å²) in [7, 11) is 0. The lowest BCUT2D eigenvalue weighted by molar-refractivity contribution is -0.167. The van der Waals surface area contributed by atoms with Crippen molar-refractivity contribution in [1.29, 1.82) is 0 Å². The number of unbranched alkanes of at least 4 members (excludes halogenated alkanes) is 29. The molecule has 83 heavy (non-hydrogen) atoms. The summed E-state index contributed by atoms with van der Waals surface area (Å²) >= 11 is 0. The summed E-state index contributed by atoms with van der Waals surface area (Å²) in [6.07, 6.45) is 98.8. The molecule has 0 aliphatic rings. The van der Waals surface area contributed by atoms with Gasteiger partial charge in [0.1, 0.15) is 13.2 Å². The molecule has 0 amide bonds. The Morgan fingerprint density at radius 3 is 0.771 bits per heavy atom. The molecule has 0 aliphatic carbocycles. The van der Waals surface area contributed by atoms with Crippen LogP contribution in [0, 0.1) is 0 Å². The molecule has 0 rings (SSSR count). The predicted octanol–water partition coefficient (Wildman–Crippen LogP) is 24.1. The second-order valence-electron chi connectivity index (χ2n) is 22.7. The Morgan fingerprint density at radius 2 is 0.470 bits per heavy atom. The minimum absolute atomic E-state index is 0.0956. The van der Waals surface area contributed by atoms with Crippen LogP contribution in [0.2, 0.25) is 0 Å². The first kappa shape index (κ1) is 78.5. The number of rotatable bonds is 62. The summed E-state index contributed by atoms with van der Waals surface area (Å²) in [4.78, 5) is 38.5. The molecule has 1 unspecified atom stereocenters. The summed E-state index contributed by atoms with van der Waals surface area (Å²) in [6.45, 7) is 6.48. The molecule has 0 fully saturated rings. The van der Waals surface area contributed by atoms with E-state index < -0.39 is 6.10 Å². The number of hydrogen-bond acceptors (Lipinski definition) is 6. The topological polar surface area (TPSA) is 78.9 Å². The summed E-state index contributed by atoms with van der Waals surface area (Å²) in [6, 6.07) is 0. The normalized spacial score (nSPS) is 13.0. The van der Waals surface area contributed by atoms with Gasteiger partial charge in [0.15, 0.2) is 6.10 Å². The number of allylic oxidation sites excluding steroid dienone is 22. The van der Waals surface area contributed by atoms with E-state index in [1.807, 2.05) is 0 Å². The number of hydrogen-bond donors (Lipinski definition) is 0. The van der Waals surface area contributed by atoms with Gasteiger partial charge in [-0.05, 0) is 141 Å². The molecule has 1 atom stereocenters. The molecule has 0 aromatic carbocycles. The van der Waals surface area contributed by atoms with E-state index in [-0.39, 0.29) is 31.1 Å². The summed E-state index contributed by atoms with van der Waals surface area (Å²) in [5.41, 5.74) is 0. The highest BCUT2D eigenvalue weighted by molar-refractivity contribution is 5.71. The second kappa shape index (κ2) is 70.0. The van der Waals surface area contributed by atoms with Crippen LogP contribution in [0.15, 0.2) is 134 Å². The van der Waals surface area contributed by atoms with E-state index in [2.05, 4.69) is 154 Å². The largest absolute Gasteiger partial charge is 0.462 e. The summed E-state index contributed by atoms with van der Waals surface area (Å²) in [5, 5.41) is 0. The van der Waals surface area contributed by atoms with Gasteiger partial charge in [0.2, 0.25) is 0 Å². The molecule has 0 N–H and O–H groups in total. The Bertz CT molecular complexity index is 1750. The van der Waals surface area contributed by atoms with Crippen LogP contribution in [0.5, 0.6) is 0 Å². The quantitative estimate of drug-likeness (QED) is 0.0261. The van der Waals surface area contributed by atoms with Crippen LogP contribution in [0.25, 0.3) is 0 Å². The zero-order valence-corrected chi connectivity index (χ0v) is 54.2. The molecule has 472 valence electrons. The van der Waals surface area contributed by atoms with Crippen molar-refractivity contribution in [2.24, 2.45) is 0 Å². The second-order valence-corrected chi connectivity index (χ2v) is 22.7. The fourth-order valence-corrected chi connectivity index (χ4v) is 9.43. The van der Waals surface area contributed by atoms with Crippen molar-refractivity contribution < 1.29 is 28.6 Å². The summed E-state index contributed by atoms with van der Waals surface area (Å²) in [5.74, 6) is -0.930. The zero-order chi connectivity index (χ0) is 59.9. The Balaban J connectivity index is 4.48. The van der Waals surface area contributed by atoms with Gasteiger partial charge in [0, 0.05) is 19.3 Å². The van der Waals surface area contributed by atoms with Crippen LogP contribution >= 0.6 is 0 Å². The van der Waals surface area contributed by atoms with E-state index in [1.165, 1.54) is 154 Å². The minimum atomic E-state index is -0.804. The molecule has 0 spiro atoms. The van der Waals surface area contributed by atoms with Crippen LogP contribution < -0.4 is 0 Å². The Labute approximate surface area is 513 Å². The van der Waals surface area contributed by atoms with Crippen LogP contribution in [-0.2, 0) is 28.6 Å². The fourth-order valence-electron chi connectivity index (χ4n) is 9.43. The van der Waals surface area contributed by atoms with E-state index in [0.29, 0.717) is 19.3 Å². The maximum absolute atomic E-state index is 13.0. The van der Waals surface area contributed by atoms with Crippen LogP contribution in [0.1, 0.15) is 316 Å². The smallest absolute Gasteiger partial charge is 0.306 e. The number of ether oxygens (including phenoxy) is 3. The highest BCUT2D eigenvalue weighted by atomic mass is 16.6. The number of carbonyl (C=O) groups excluding carboxylic acids is 3. The van der Waals surface area contributed by atoms with Gasteiger partial charge in [-0.3, -0.25) is 14.4 Å². The Hall–Kier alpha value is -4.45. The first-order valence-electron chi connectivity index (χ1n) is 34.7. The Morgan fingerprint density at radius 1 is 0.253 bits per heavy atom. The third kappa shape index (κ3) is 68.2. The fraction of sp³-hybridized carbons (Fsp3) is 0.675. The summed E-state index contributed by atoms with van der Waals surface area (Å²) < 4.78 is 17.0. The average molecular weight is 1150 g/mol. The lowest BCUT2D eigenvalue weighted by Crippen LogP contribution is -2.30. The van der Waals surface area contributed by atoms with E-state index in [9.17, 15) is 14.4 Å². The monoisotopic (exact) mass is 1150 g/mol. The van der Waals surface area contributed by atoms with Crippen molar-refractivity contribution in [2.45, 2.75) is 322 Å². The molecule has 0 saturated heterocycles. The standard InChI is InChI=1S/C77H128O6/c1-4-7-10-13-16-19-22-25-28-31-34-36-37-38-39-41-43-46-49-52-55-58-61-64-67-70-76(79)82-73-74(72-81-75(78)69-66-63-60-57-54-51-48-45-42-33-30-27-24-21-18-15-12-9-6-3)83-77(80)71-68-65-62-59-56-53-50-47-44-40-35-32-29-26-23-20-17-14-11-8-5-2/h7,10,16,18-19,21,23,25-28,30,32,34-36,38-39,43,46,52,55,74H,4-6,8-9,11-15,17,20,22,24,29,31,33,37,40-42,44-45,47-51,53-54,56-73H2,1-3H3/b10-7-,19-16-,21-18-,26-23-,28-25-,30-27-,35-32-,36-34-,39-38-,46-43-,55-52-. The maximum atomic E-state index is 13.0. The van der Waals surface area contributed by atoms with Gasteiger partial charge in [-0.15, -0.1) is 0 Å². The molecule has 0 heterocycles. The molecule has 0 aromatic heterocycles.